The van der Waals surface area contributed by atoms with E-state index in [1.54, 1.807) is 0 Å². The van der Waals surface area contributed by atoms with Crippen molar-refractivity contribution in [3.63, 3.8) is 0 Å². The SMILES string of the molecule is C=C1/C(=C\C=C2/CCC[C@]3(C)[C@@H]([C@H](C)/C=C/[C@@H](O)C4(C5=NCC(C)(C)O5)CC4)CC[C@@H]23)C[C@@H](O)C[C@@H]1O. The molecule has 1 heterocycles. The number of aliphatic hydroxyl groups is 3. The van der Waals surface area contributed by atoms with Crippen molar-refractivity contribution < 1.29 is 20.1 Å². The zero-order valence-corrected chi connectivity index (χ0v) is 23.2. The number of allylic oxidation sites excluding steroid dienone is 4. The van der Waals surface area contributed by atoms with E-state index in [-0.39, 0.29) is 16.4 Å². The van der Waals surface area contributed by atoms with Crippen molar-refractivity contribution >= 4 is 5.90 Å². The van der Waals surface area contributed by atoms with Crippen LogP contribution in [-0.2, 0) is 4.74 Å². The minimum atomic E-state index is -0.641. The van der Waals surface area contributed by atoms with E-state index in [0.717, 1.165) is 36.3 Å². The Morgan fingerprint density at radius 1 is 1.08 bits per heavy atom. The molecule has 0 spiro atoms. The smallest absolute Gasteiger partial charge is 0.193 e. The fourth-order valence-electron chi connectivity index (χ4n) is 7.83. The van der Waals surface area contributed by atoms with Crippen LogP contribution < -0.4 is 0 Å². The van der Waals surface area contributed by atoms with Crippen LogP contribution in [-0.4, -0.2) is 51.7 Å². The number of aliphatic hydroxyl groups excluding tert-OH is 3. The molecule has 1 aliphatic heterocycles. The van der Waals surface area contributed by atoms with Crippen LogP contribution >= 0.6 is 0 Å². The third-order valence-corrected chi connectivity index (χ3v) is 10.3. The number of fused-ring (bicyclic) bond motifs is 1. The maximum atomic E-state index is 11.1. The normalized spacial score (nSPS) is 40.5. The van der Waals surface area contributed by atoms with E-state index in [1.807, 2.05) is 6.08 Å². The molecule has 0 unspecified atom stereocenters. The van der Waals surface area contributed by atoms with Crippen LogP contribution in [0.3, 0.4) is 0 Å². The quantitative estimate of drug-likeness (QED) is 0.403. The molecule has 204 valence electrons. The van der Waals surface area contributed by atoms with Gasteiger partial charge in [-0.25, -0.2) is 0 Å². The van der Waals surface area contributed by atoms with Crippen molar-refractivity contribution in [1.82, 2.24) is 0 Å². The Kier molecular flexibility index (Phi) is 7.13. The average Bonchev–Trinajstić information content (AvgIpc) is 3.45. The lowest BCUT2D eigenvalue weighted by Gasteiger charge is -2.44. The van der Waals surface area contributed by atoms with Gasteiger partial charge in [0.1, 0.15) is 5.60 Å². The topological polar surface area (TPSA) is 82.3 Å². The summed E-state index contributed by atoms with van der Waals surface area (Å²) in [5, 5.41) is 31.5. The minimum Gasteiger partial charge on any atom is -0.473 e. The van der Waals surface area contributed by atoms with Gasteiger partial charge in [0.25, 0.3) is 0 Å². The standard InChI is InChI=1S/C32H47NO4/c1-20(8-13-28(36)32(15-16-32)29-33-19-30(3,4)37-29)25-11-12-26-22(7-6-14-31(25,26)5)9-10-23-17-24(34)18-27(35)21(23)2/h8-10,13,20,24-28,34-36H,2,6-7,11-12,14-19H2,1,3-5H3/b13-8+,22-9+,23-10-/t20-,24-,25-,26+,27+,28-,31-/m1/s1. The first-order valence-electron chi connectivity index (χ1n) is 14.5. The van der Waals surface area contributed by atoms with Gasteiger partial charge in [0.05, 0.1) is 30.3 Å². The monoisotopic (exact) mass is 509 g/mol. The first-order valence-corrected chi connectivity index (χ1v) is 14.5. The van der Waals surface area contributed by atoms with Crippen LogP contribution in [0, 0.1) is 28.6 Å². The van der Waals surface area contributed by atoms with E-state index in [0.29, 0.717) is 37.1 Å². The van der Waals surface area contributed by atoms with E-state index in [2.05, 4.69) is 57.5 Å². The molecule has 5 heteroatoms. The van der Waals surface area contributed by atoms with Crippen LogP contribution in [0.1, 0.15) is 85.5 Å². The molecule has 4 aliphatic carbocycles. The Hall–Kier alpha value is -1.69. The highest BCUT2D eigenvalue weighted by molar-refractivity contribution is 5.88. The molecule has 4 fully saturated rings. The summed E-state index contributed by atoms with van der Waals surface area (Å²) in [5.74, 6) is 2.30. The van der Waals surface area contributed by atoms with Crippen LogP contribution in [0.2, 0.25) is 0 Å². The second-order valence-corrected chi connectivity index (χ2v) is 13.5. The third-order valence-electron chi connectivity index (χ3n) is 10.3. The Morgan fingerprint density at radius 2 is 1.84 bits per heavy atom. The average molecular weight is 510 g/mol. The van der Waals surface area contributed by atoms with Gasteiger partial charge in [-0.2, -0.15) is 0 Å². The summed E-state index contributed by atoms with van der Waals surface area (Å²) >= 11 is 0. The molecule has 7 atom stereocenters. The summed E-state index contributed by atoms with van der Waals surface area (Å²) in [6.45, 7) is 13.7. The molecular weight excluding hydrogens is 462 g/mol. The second kappa shape index (κ2) is 9.81. The predicted octanol–water partition coefficient (Wildman–Crippen LogP) is 5.67. The molecule has 4 saturated carbocycles. The van der Waals surface area contributed by atoms with Gasteiger partial charge in [0.15, 0.2) is 5.90 Å². The number of aliphatic imine (C=N–C) groups is 1. The van der Waals surface area contributed by atoms with Gasteiger partial charge < -0.3 is 20.1 Å². The number of hydrogen-bond acceptors (Lipinski definition) is 5. The molecule has 0 saturated heterocycles. The molecule has 0 aromatic carbocycles. The fourth-order valence-corrected chi connectivity index (χ4v) is 7.83. The largest absolute Gasteiger partial charge is 0.473 e. The zero-order chi connectivity index (χ0) is 26.6. The lowest BCUT2D eigenvalue weighted by Crippen LogP contribution is -2.36. The Morgan fingerprint density at radius 3 is 2.51 bits per heavy atom. The molecule has 0 aromatic heterocycles. The Bertz CT molecular complexity index is 1030. The van der Waals surface area contributed by atoms with Crippen LogP contribution in [0.25, 0.3) is 0 Å². The Balaban J connectivity index is 1.27. The number of ether oxygens (including phenoxy) is 1. The molecule has 0 bridgehead atoms. The summed E-state index contributed by atoms with van der Waals surface area (Å²) in [5.41, 5.74) is 2.93. The summed E-state index contributed by atoms with van der Waals surface area (Å²) in [6.07, 6.45) is 15.8. The summed E-state index contributed by atoms with van der Waals surface area (Å²) < 4.78 is 6.10. The molecule has 0 radical (unpaired) electrons. The second-order valence-electron chi connectivity index (χ2n) is 13.5. The molecule has 3 N–H and O–H groups in total. The van der Waals surface area contributed by atoms with Crippen LogP contribution in [0.4, 0.5) is 0 Å². The molecular formula is C32H47NO4. The maximum absolute atomic E-state index is 11.1. The van der Waals surface area contributed by atoms with Gasteiger partial charge >= 0.3 is 0 Å². The molecule has 37 heavy (non-hydrogen) atoms. The highest BCUT2D eigenvalue weighted by Crippen LogP contribution is 2.60. The molecule has 5 nitrogen and oxygen atoms in total. The summed E-state index contributed by atoms with van der Waals surface area (Å²) in [7, 11) is 0. The van der Waals surface area contributed by atoms with E-state index in [9.17, 15) is 15.3 Å². The van der Waals surface area contributed by atoms with Gasteiger partial charge in [0.2, 0.25) is 0 Å². The van der Waals surface area contributed by atoms with Gasteiger partial charge in [-0.15, -0.1) is 0 Å². The molecule has 0 amide bonds. The molecule has 0 aromatic rings. The fraction of sp³-hybridized carbons (Fsp3) is 0.719. The Labute approximate surface area is 223 Å². The number of nitrogens with zero attached hydrogens (tertiary/aromatic N) is 1. The first-order chi connectivity index (χ1) is 17.4. The van der Waals surface area contributed by atoms with E-state index < -0.39 is 18.3 Å². The summed E-state index contributed by atoms with van der Waals surface area (Å²) in [4.78, 5) is 4.64. The lowest BCUT2D eigenvalue weighted by molar-refractivity contribution is 0.0862. The summed E-state index contributed by atoms with van der Waals surface area (Å²) in [6, 6.07) is 0. The van der Waals surface area contributed by atoms with Crippen LogP contribution in [0.15, 0.2) is 52.6 Å². The highest BCUT2D eigenvalue weighted by atomic mass is 16.5. The maximum Gasteiger partial charge on any atom is 0.193 e. The first kappa shape index (κ1) is 26.9. The highest BCUT2D eigenvalue weighted by Gasteiger charge is 2.57. The van der Waals surface area contributed by atoms with E-state index in [1.165, 1.54) is 31.3 Å². The zero-order valence-electron chi connectivity index (χ0n) is 23.2. The van der Waals surface area contributed by atoms with Crippen molar-refractivity contribution in [3.8, 4) is 0 Å². The molecule has 5 aliphatic rings. The van der Waals surface area contributed by atoms with Crippen LogP contribution in [0.5, 0.6) is 0 Å². The predicted molar refractivity (Wildman–Crippen MR) is 148 cm³/mol. The van der Waals surface area contributed by atoms with Crippen molar-refractivity contribution in [1.29, 1.82) is 0 Å². The van der Waals surface area contributed by atoms with Gasteiger partial charge in [-0.3, -0.25) is 4.99 Å². The lowest BCUT2D eigenvalue weighted by atomic mass is 9.61. The van der Waals surface area contributed by atoms with Crippen molar-refractivity contribution in [3.05, 3.63) is 47.6 Å². The number of hydrogen-bond donors (Lipinski definition) is 3. The number of rotatable bonds is 6. The van der Waals surface area contributed by atoms with Gasteiger partial charge in [-0.05, 0) is 99.5 Å². The van der Waals surface area contributed by atoms with Crippen molar-refractivity contribution in [2.75, 3.05) is 6.54 Å². The minimum absolute atomic E-state index is 0.250. The van der Waals surface area contributed by atoms with Crippen molar-refractivity contribution in [2.45, 2.75) is 109 Å². The van der Waals surface area contributed by atoms with E-state index in [4.69, 9.17) is 4.74 Å². The molecule has 5 rings (SSSR count). The van der Waals surface area contributed by atoms with Gasteiger partial charge in [0, 0.05) is 6.42 Å². The van der Waals surface area contributed by atoms with Crippen molar-refractivity contribution in [2.24, 2.45) is 33.6 Å². The third kappa shape index (κ3) is 5.04. The van der Waals surface area contributed by atoms with E-state index >= 15 is 0 Å². The van der Waals surface area contributed by atoms with Gasteiger partial charge in [-0.1, -0.05) is 50.3 Å².